The van der Waals surface area contributed by atoms with Crippen molar-refractivity contribution in [1.29, 1.82) is 0 Å². The molecule has 3 heterocycles. The zero-order chi connectivity index (χ0) is 19.5. The van der Waals surface area contributed by atoms with Crippen LogP contribution in [-0.4, -0.2) is 39.9 Å². The van der Waals surface area contributed by atoms with E-state index < -0.39 is 0 Å². The molecule has 0 spiro atoms. The van der Waals surface area contributed by atoms with Gasteiger partial charge in [0.15, 0.2) is 0 Å². The van der Waals surface area contributed by atoms with E-state index in [1.165, 1.54) is 17.4 Å². The van der Waals surface area contributed by atoms with Gasteiger partial charge in [-0.1, -0.05) is 12.1 Å². The van der Waals surface area contributed by atoms with Crippen molar-refractivity contribution >= 4 is 40.2 Å². The van der Waals surface area contributed by atoms with Crippen LogP contribution < -0.4 is 5.32 Å². The minimum absolute atomic E-state index is 0.0495. The van der Waals surface area contributed by atoms with Gasteiger partial charge in [0.05, 0.1) is 5.69 Å². The molecule has 0 unspecified atom stereocenters. The first-order valence-electron chi connectivity index (χ1n) is 8.98. The normalized spacial score (nSPS) is 14.8. The van der Waals surface area contributed by atoms with Gasteiger partial charge in [0, 0.05) is 35.3 Å². The number of benzene rings is 1. The molecule has 144 valence electrons. The molecule has 4 rings (SSSR count). The lowest BCUT2D eigenvalue weighted by Crippen LogP contribution is -2.41. The molecule has 0 saturated carbocycles. The van der Waals surface area contributed by atoms with Gasteiger partial charge in [-0.15, -0.1) is 11.3 Å². The molecule has 0 bridgehead atoms. The van der Waals surface area contributed by atoms with Crippen LogP contribution in [0.15, 0.2) is 46.5 Å². The average molecular weight is 414 g/mol. The lowest BCUT2D eigenvalue weighted by Gasteiger charge is -2.31. The summed E-state index contributed by atoms with van der Waals surface area (Å²) in [5, 5.41) is 19.2. The number of piperidine rings is 1. The molecule has 1 aromatic carbocycles. The fraction of sp³-hybridized carbons (Fsp3) is 0.250. The van der Waals surface area contributed by atoms with Crippen LogP contribution in [0.1, 0.15) is 23.3 Å². The number of amides is 2. The first-order valence-corrected chi connectivity index (χ1v) is 10.8. The van der Waals surface area contributed by atoms with Crippen LogP contribution in [0.5, 0.6) is 5.75 Å². The van der Waals surface area contributed by atoms with Gasteiger partial charge in [-0.3, -0.25) is 9.59 Å². The largest absolute Gasteiger partial charge is 0.506 e. The number of hydrogen-bond acceptors (Lipinski definition) is 6. The van der Waals surface area contributed by atoms with Crippen LogP contribution in [-0.2, 0) is 4.79 Å². The predicted molar refractivity (Wildman–Crippen MR) is 111 cm³/mol. The Kier molecular flexibility index (Phi) is 5.40. The molecule has 2 aromatic heterocycles. The van der Waals surface area contributed by atoms with Gasteiger partial charge in [-0.05, 0) is 36.4 Å². The Hall–Kier alpha value is -2.71. The first kappa shape index (κ1) is 18.6. The van der Waals surface area contributed by atoms with E-state index in [0.717, 1.165) is 10.6 Å². The Morgan fingerprint density at radius 2 is 1.93 bits per heavy atom. The number of rotatable bonds is 4. The summed E-state index contributed by atoms with van der Waals surface area (Å²) in [6.45, 7) is 1.03. The lowest BCUT2D eigenvalue weighted by molar-refractivity contribution is -0.121. The highest BCUT2D eigenvalue weighted by Gasteiger charge is 2.29. The summed E-state index contributed by atoms with van der Waals surface area (Å²) in [4.78, 5) is 31.4. The quantitative estimate of drug-likeness (QED) is 0.632. The Balaban J connectivity index is 1.34. The summed E-state index contributed by atoms with van der Waals surface area (Å²) in [7, 11) is 0. The third kappa shape index (κ3) is 3.93. The lowest BCUT2D eigenvalue weighted by atomic mass is 9.95. The summed E-state index contributed by atoms with van der Waals surface area (Å²) in [6, 6.07) is 8.66. The molecular weight excluding hydrogens is 394 g/mol. The Bertz CT molecular complexity index is 976. The molecule has 2 N–H and O–H groups in total. The molecular formula is C20H19N3O3S2. The SMILES string of the molecule is O=C(Nc1ccccc1O)C1CCN(C(=O)c2csc(-c3ccsc3)n2)CC1. The van der Waals surface area contributed by atoms with Gasteiger partial charge in [0.25, 0.3) is 5.91 Å². The molecule has 1 aliphatic heterocycles. The van der Waals surface area contributed by atoms with E-state index in [1.54, 1.807) is 39.8 Å². The molecule has 3 aromatic rings. The molecule has 1 fully saturated rings. The Labute approximate surface area is 170 Å². The minimum Gasteiger partial charge on any atom is -0.506 e. The maximum Gasteiger partial charge on any atom is 0.273 e. The molecule has 6 nitrogen and oxygen atoms in total. The topological polar surface area (TPSA) is 82.5 Å². The summed E-state index contributed by atoms with van der Waals surface area (Å²) in [6.07, 6.45) is 1.18. The summed E-state index contributed by atoms with van der Waals surface area (Å²) in [5.74, 6) is -0.340. The van der Waals surface area contributed by atoms with Gasteiger partial charge in [0.2, 0.25) is 5.91 Å². The number of nitrogens with zero attached hydrogens (tertiary/aromatic N) is 2. The van der Waals surface area contributed by atoms with E-state index in [4.69, 9.17) is 0 Å². The zero-order valence-corrected chi connectivity index (χ0v) is 16.6. The fourth-order valence-corrected chi connectivity index (χ4v) is 4.72. The number of para-hydroxylation sites is 2. The van der Waals surface area contributed by atoms with Crippen molar-refractivity contribution in [2.45, 2.75) is 12.8 Å². The standard InChI is InChI=1S/C20H19N3O3S2/c24-17-4-2-1-3-15(17)21-18(25)13-5-8-23(9-6-13)20(26)16-12-28-19(22-16)14-7-10-27-11-14/h1-4,7,10-13,24H,5-6,8-9H2,(H,21,25). The third-order valence-corrected chi connectivity index (χ3v) is 6.38. The number of nitrogens with one attached hydrogen (secondary N) is 1. The number of carbonyl (C=O) groups is 2. The van der Waals surface area contributed by atoms with E-state index >= 15 is 0 Å². The summed E-state index contributed by atoms with van der Waals surface area (Å²) < 4.78 is 0. The number of thiophene rings is 1. The second-order valence-corrected chi connectivity index (χ2v) is 8.26. The zero-order valence-electron chi connectivity index (χ0n) is 15.0. The summed E-state index contributed by atoms with van der Waals surface area (Å²) in [5.41, 5.74) is 1.91. The highest BCUT2D eigenvalue weighted by Crippen LogP contribution is 2.28. The molecule has 28 heavy (non-hydrogen) atoms. The maximum absolute atomic E-state index is 12.7. The van der Waals surface area contributed by atoms with E-state index in [1.807, 2.05) is 16.8 Å². The summed E-state index contributed by atoms with van der Waals surface area (Å²) >= 11 is 3.07. The van der Waals surface area contributed by atoms with Crippen LogP contribution in [0.3, 0.4) is 0 Å². The van der Waals surface area contributed by atoms with Gasteiger partial charge in [-0.25, -0.2) is 4.98 Å². The number of phenolic OH excluding ortho intramolecular Hbond substituents is 1. The smallest absolute Gasteiger partial charge is 0.273 e. The van der Waals surface area contributed by atoms with Crippen LogP contribution in [0.2, 0.25) is 0 Å². The van der Waals surface area contributed by atoms with E-state index in [2.05, 4.69) is 10.3 Å². The number of likely N-dealkylation sites (tertiary alicyclic amines) is 1. The van der Waals surface area contributed by atoms with Crippen molar-refractivity contribution in [2.24, 2.45) is 5.92 Å². The van der Waals surface area contributed by atoms with E-state index in [9.17, 15) is 14.7 Å². The number of thiazole rings is 1. The van der Waals surface area contributed by atoms with E-state index in [-0.39, 0.29) is 23.5 Å². The monoisotopic (exact) mass is 413 g/mol. The molecule has 8 heteroatoms. The number of carbonyl (C=O) groups excluding carboxylic acids is 2. The van der Waals surface area contributed by atoms with Gasteiger partial charge in [0.1, 0.15) is 16.5 Å². The van der Waals surface area contributed by atoms with Gasteiger partial charge < -0.3 is 15.3 Å². The predicted octanol–water partition coefficient (Wildman–Crippen LogP) is 4.07. The molecule has 1 aliphatic rings. The number of hydrogen-bond donors (Lipinski definition) is 2. The second kappa shape index (κ2) is 8.12. The Morgan fingerprint density at radius 1 is 1.14 bits per heavy atom. The van der Waals surface area contributed by atoms with Crippen molar-refractivity contribution in [2.75, 3.05) is 18.4 Å². The van der Waals surface area contributed by atoms with Crippen LogP contribution in [0.4, 0.5) is 5.69 Å². The van der Waals surface area contributed by atoms with Crippen LogP contribution in [0.25, 0.3) is 10.6 Å². The average Bonchev–Trinajstić information content (AvgIpc) is 3.41. The number of aromatic nitrogens is 1. The number of aromatic hydroxyl groups is 1. The van der Waals surface area contributed by atoms with Crippen molar-refractivity contribution in [1.82, 2.24) is 9.88 Å². The second-order valence-electron chi connectivity index (χ2n) is 6.62. The van der Waals surface area contributed by atoms with Crippen LogP contribution >= 0.6 is 22.7 Å². The first-order chi connectivity index (χ1) is 13.6. The fourth-order valence-electron chi connectivity index (χ4n) is 3.21. The van der Waals surface area contributed by atoms with Gasteiger partial charge in [-0.2, -0.15) is 11.3 Å². The maximum atomic E-state index is 12.7. The molecule has 1 saturated heterocycles. The van der Waals surface area contributed by atoms with Gasteiger partial charge >= 0.3 is 0 Å². The number of phenols is 1. The van der Waals surface area contributed by atoms with Crippen LogP contribution in [0, 0.1) is 5.92 Å². The molecule has 0 atom stereocenters. The van der Waals surface area contributed by atoms with E-state index in [0.29, 0.717) is 37.3 Å². The molecule has 0 radical (unpaired) electrons. The van der Waals surface area contributed by atoms with Crippen molar-refractivity contribution in [3.8, 4) is 16.3 Å². The Morgan fingerprint density at radius 3 is 2.64 bits per heavy atom. The van der Waals surface area contributed by atoms with Crippen molar-refractivity contribution in [3.05, 3.63) is 52.2 Å². The van der Waals surface area contributed by atoms with Crippen molar-refractivity contribution < 1.29 is 14.7 Å². The minimum atomic E-state index is -0.180. The number of anilines is 1. The van der Waals surface area contributed by atoms with Crippen molar-refractivity contribution in [3.63, 3.8) is 0 Å². The third-order valence-electron chi connectivity index (χ3n) is 4.81. The highest BCUT2D eigenvalue weighted by molar-refractivity contribution is 7.14. The molecule has 2 amide bonds. The molecule has 0 aliphatic carbocycles. The highest BCUT2D eigenvalue weighted by atomic mass is 32.1.